The highest BCUT2D eigenvalue weighted by atomic mass is 16.2. The zero-order valence-electron chi connectivity index (χ0n) is 11.7. The van der Waals surface area contributed by atoms with E-state index in [1.165, 1.54) is 44.9 Å². The summed E-state index contributed by atoms with van der Waals surface area (Å²) in [6.07, 6.45) is 10.1. The Morgan fingerprint density at radius 3 is 2.83 bits per heavy atom. The third-order valence-corrected chi connectivity index (χ3v) is 4.52. The van der Waals surface area contributed by atoms with E-state index in [4.69, 9.17) is 0 Å². The molecule has 1 saturated carbocycles. The molecule has 1 amide bonds. The monoisotopic (exact) mass is 252 g/mol. The predicted molar refractivity (Wildman–Crippen MR) is 74.4 cm³/mol. The molecule has 104 valence electrons. The normalized spacial score (nSPS) is 33.1. The Kier molecular flexibility index (Phi) is 5.48. The number of hydrogen-bond donors (Lipinski definition) is 2. The summed E-state index contributed by atoms with van der Waals surface area (Å²) in [6.45, 7) is 4.23. The Morgan fingerprint density at radius 1 is 1.22 bits per heavy atom. The van der Waals surface area contributed by atoms with Crippen molar-refractivity contribution in [2.24, 2.45) is 11.8 Å². The van der Waals surface area contributed by atoms with E-state index in [9.17, 15) is 4.79 Å². The lowest BCUT2D eigenvalue weighted by Crippen LogP contribution is -2.47. The van der Waals surface area contributed by atoms with Gasteiger partial charge in [0.1, 0.15) is 0 Å². The Morgan fingerprint density at radius 2 is 2.11 bits per heavy atom. The van der Waals surface area contributed by atoms with Crippen LogP contribution < -0.4 is 10.6 Å². The molecule has 2 fully saturated rings. The summed E-state index contributed by atoms with van der Waals surface area (Å²) < 4.78 is 0. The van der Waals surface area contributed by atoms with Gasteiger partial charge in [-0.05, 0) is 44.1 Å². The largest absolute Gasteiger partial charge is 0.355 e. The first kappa shape index (κ1) is 13.9. The van der Waals surface area contributed by atoms with Crippen LogP contribution in [0.3, 0.4) is 0 Å². The van der Waals surface area contributed by atoms with Crippen molar-refractivity contribution in [3.63, 3.8) is 0 Å². The minimum absolute atomic E-state index is 0.0732. The van der Waals surface area contributed by atoms with Crippen LogP contribution in [-0.2, 0) is 4.79 Å². The maximum absolute atomic E-state index is 11.9. The van der Waals surface area contributed by atoms with Gasteiger partial charge in [-0.25, -0.2) is 0 Å². The second kappa shape index (κ2) is 7.13. The van der Waals surface area contributed by atoms with Crippen LogP contribution in [0.25, 0.3) is 0 Å². The van der Waals surface area contributed by atoms with Crippen molar-refractivity contribution in [2.75, 3.05) is 13.1 Å². The molecule has 0 spiro atoms. The predicted octanol–water partition coefficient (Wildman–Crippen LogP) is 2.46. The summed E-state index contributed by atoms with van der Waals surface area (Å²) in [4.78, 5) is 11.9. The second-order valence-electron chi connectivity index (χ2n) is 6.22. The highest BCUT2D eigenvalue weighted by Gasteiger charge is 2.21. The summed E-state index contributed by atoms with van der Waals surface area (Å²) in [7, 11) is 0. The standard InChI is InChI=1S/C15H28N2O/c1-12-5-4-6-13(11-12)8-10-17-15(18)14-7-2-3-9-16-14/h12-14,16H,2-11H2,1H3,(H,17,18). The van der Waals surface area contributed by atoms with Gasteiger partial charge < -0.3 is 10.6 Å². The molecular weight excluding hydrogens is 224 g/mol. The van der Waals surface area contributed by atoms with Gasteiger partial charge in [-0.2, -0.15) is 0 Å². The average molecular weight is 252 g/mol. The van der Waals surface area contributed by atoms with Crippen LogP contribution in [0.1, 0.15) is 58.3 Å². The number of amides is 1. The van der Waals surface area contributed by atoms with Gasteiger partial charge in [0.15, 0.2) is 0 Å². The molecule has 1 aliphatic heterocycles. The Hall–Kier alpha value is -0.570. The van der Waals surface area contributed by atoms with Crippen LogP contribution >= 0.6 is 0 Å². The van der Waals surface area contributed by atoms with E-state index in [1.54, 1.807) is 0 Å². The average Bonchev–Trinajstić information content (AvgIpc) is 2.40. The summed E-state index contributed by atoms with van der Waals surface area (Å²) in [5, 5.41) is 6.42. The third-order valence-electron chi connectivity index (χ3n) is 4.52. The molecule has 0 bridgehead atoms. The van der Waals surface area contributed by atoms with Crippen molar-refractivity contribution >= 4 is 5.91 Å². The van der Waals surface area contributed by atoms with Crippen molar-refractivity contribution in [2.45, 2.75) is 64.3 Å². The van der Waals surface area contributed by atoms with Gasteiger partial charge in [0.25, 0.3) is 0 Å². The molecule has 3 atom stereocenters. The van der Waals surface area contributed by atoms with E-state index in [1.807, 2.05) is 0 Å². The first-order valence-electron chi connectivity index (χ1n) is 7.77. The molecule has 1 heterocycles. The van der Waals surface area contributed by atoms with E-state index in [0.29, 0.717) is 0 Å². The molecular formula is C15H28N2O. The van der Waals surface area contributed by atoms with E-state index in [0.717, 1.165) is 31.3 Å². The molecule has 0 aromatic rings. The topological polar surface area (TPSA) is 41.1 Å². The Balaban J connectivity index is 1.60. The molecule has 0 radical (unpaired) electrons. The molecule has 3 heteroatoms. The molecule has 0 aromatic heterocycles. The molecule has 2 aliphatic rings. The fourth-order valence-electron chi connectivity index (χ4n) is 3.42. The van der Waals surface area contributed by atoms with Crippen molar-refractivity contribution < 1.29 is 4.79 Å². The van der Waals surface area contributed by atoms with Crippen LogP contribution in [0.15, 0.2) is 0 Å². The summed E-state index contributed by atoms with van der Waals surface area (Å²) in [6, 6.07) is 0.0732. The van der Waals surface area contributed by atoms with Crippen LogP contribution in [0.4, 0.5) is 0 Å². The highest BCUT2D eigenvalue weighted by Crippen LogP contribution is 2.30. The number of hydrogen-bond acceptors (Lipinski definition) is 2. The quantitative estimate of drug-likeness (QED) is 0.807. The van der Waals surface area contributed by atoms with Gasteiger partial charge in [0.05, 0.1) is 6.04 Å². The SMILES string of the molecule is CC1CCCC(CCNC(=O)C2CCCCN2)C1. The lowest BCUT2D eigenvalue weighted by Gasteiger charge is -2.27. The van der Waals surface area contributed by atoms with Gasteiger partial charge in [0, 0.05) is 6.54 Å². The number of piperidine rings is 1. The van der Waals surface area contributed by atoms with Crippen molar-refractivity contribution in [3.05, 3.63) is 0 Å². The van der Waals surface area contributed by atoms with Crippen LogP contribution in [0.5, 0.6) is 0 Å². The first-order valence-corrected chi connectivity index (χ1v) is 7.77. The van der Waals surface area contributed by atoms with Gasteiger partial charge in [0.2, 0.25) is 5.91 Å². The lowest BCUT2D eigenvalue weighted by atomic mass is 9.81. The van der Waals surface area contributed by atoms with Crippen molar-refractivity contribution in [1.82, 2.24) is 10.6 Å². The number of nitrogens with one attached hydrogen (secondary N) is 2. The summed E-state index contributed by atoms with van der Waals surface area (Å²) in [5.74, 6) is 1.95. The third kappa shape index (κ3) is 4.27. The zero-order chi connectivity index (χ0) is 12.8. The van der Waals surface area contributed by atoms with Gasteiger partial charge in [-0.3, -0.25) is 4.79 Å². The summed E-state index contributed by atoms with van der Waals surface area (Å²) >= 11 is 0. The number of rotatable bonds is 4. The lowest BCUT2D eigenvalue weighted by molar-refractivity contribution is -0.123. The molecule has 1 aliphatic carbocycles. The molecule has 2 N–H and O–H groups in total. The molecule has 0 aromatic carbocycles. The Bertz CT molecular complexity index is 261. The van der Waals surface area contributed by atoms with E-state index >= 15 is 0 Å². The zero-order valence-corrected chi connectivity index (χ0v) is 11.7. The molecule has 3 unspecified atom stereocenters. The van der Waals surface area contributed by atoms with Gasteiger partial charge in [-0.1, -0.05) is 32.6 Å². The van der Waals surface area contributed by atoms with Gasteiger partial charge in [-0.15, -0.1) is 0 Å². The maximum Gasteiger partial charge on any atom is 0.237 e. The maximum atomic E-state index is 11.9. The van der Waals surface area contributed by atoms with Gasteiger partial charge >= 0.3 is 0 Å². The van der Waals surface area contributed by atoms with E-state index in [-0.39, 0.29) is 11.9 Å². The number of carbonyl (C=O) groups excluding carboxylic acids is 1. The minimum atomic E-state index is 0.0732. The Labute approximate surface area is 111 Å². The summed E-state index contributed by atoms with van der Waals surface area (Å²) in [5.41, 5.74) is 0. The molecule has 18 heavy (non-hydrogen) atoms. The second-order valence-corrected chi connectivity index (χ2v) is 6.22. The van der Waals surface area contributed by atoms with Crippen LogP contribution in [-0.4, -0.2) is 25.0 Å². The minimum Gasteiger partial charge on any atom is -0.355 e. The smallest absolute Gasteiger partial charge is 0.237 e. The number of carbonyl (C=O) groups is 1. The van der Waals surface area contributed by atoms with Crippen LogP contribution in [0, 0.1) is 11.8 Å². The van der Waals surface area contributed by atoms with Crippen LogP contribution in [0.2, 0.25) is 0 Å². The highest BCUT2D eigenvalue weighted by molar-refractivity contribution is 5.81. The van der Waals surface area contributed by atoms with E-state index < -0.39 is 0 Å². The molecule has 3 nitrogen and oxygen atoms in total. The van der Waals surface area contributed by atoms with Crippen molar-refractivity contribution in [1.29, 1.82) is 0 Å². The molecule has 2 rings (SSSR count). The fraction of sp³-hybridized carbons (Fsp3) is 0.933. The first-order chi connectivity index (χ1) is 8.75. The fourth-order valence-corrected chi connectivity index (χ4v) is 3.42. The van der Waals surface area contributed by atoms with Crippen molar-refractivity contribution in [3.8, 4) is 0 Å². The molecule has 1 saturated heterocycles. The van der Waals surface area contributed by atoms with E-state index in [2.05, 4.69) is 17.6 Å².